The Morgan fingerprint density at radius 3 is 2.40 bits per heavy atom. The molecule has 1 heterocycles. The van der Waals surface area contributed by atoms with E-state index < -0.39 is 0 Å². The Kier molecular flexibility index (Phi) is 4.99. The summed E-state index contributed by atoms with van der Waals surface area (Å²) < 4.78 is 18.5. The summed E-state index contributed by atoms with van der Waals surface area (Å²) in [5, 5.41) is 0.986. The number of carbonyl (C=O) groups is 1. The van der Waals surface area contributed by atoms with Crippen LogP contribution in [0.1, 0.15) is 16.1 Å². The predicted molar refractivity (Wildman–Crippen MR) is 99.6 cm³/mol. The van der Waals surface area contributed by atoms with Crippen molar-refractivity contribution in [2.24, 2.45) is 0 Å². The van der Waals surface area contributed by atoms with Gasteiger partial charge in [0.1, 0.15) is 5.69 Å². The molecule has 0 bridgehead atoms. The third-order valence-electron chi connectivity index (χ3n) is 4.09. The van der Waals surface area contributed by atoms with Gasteiger partial charge in [0.15, 0.2) is 11.5 Å². The molecule has 2 aromatic carbocycles. The number of hydrogen-bond donors (Lipinski definition) is 0. The SMILES string of the molecule is COC(=O)c1cc2ccccc2n1Cc1cc(OC)c(OC)cc1Br. The molecular weight excluding hydrogens is 386 g/mol. The molecule has 0 radical (unpaired) electrons. The van der Waals surface area contributed by atoms with Gasteiger partial charge >= 0.3 is 5.97 Å². The van der Waals surface area contributed by atoms with Gasteiger partial charge < -0.3 is 18.8 Å². The molecule has 0 amide bonds. The van der Waals surface area contributed by atoms with E-state index in [0.29, 0.717) is 23.7 Å². The largest absolute Gasteiger partial charge is 0.493 e. The Balaban J connectivity index is 2.13. The molecule has 3 rings (SSSR count). The molecule has 0 N–H and O–H groups in total. The second-order valence-electron chi connectivity index (χ2n) is 5.46. The lowest BCUT2D eigenvalue weighted by molar-refractivity contribution is 0.0589. The second kappa shape index (κ2) is 7.19. The molecule has 25 heavy (non-hydrogen) atoms. The maximum absolute atomic E-state index is 12.2. The lowest BCUT2D eigenvalue weighted by atomic mass is 10.2. The molecule has 5 nitrogen and oxygen atoms in total. The summed E-state index contributed by atoms with van der Waals surface area (Å²) in [5.74, 6) is 0.910. The minimum Gasteiger partial charge on any atom is -0.493 e. The average molecular weight is 404 g/mol. The van der Waals surface area contributed by atoms with Gasteiger partial charge in [0.25, 0.3) is 0 Å². The number of aromatic nitrogens is 1. The van der Waals surface area contributed by atoms with Crippen LogP contribution in [0, 0.1) is 0 Å². The van der Waals surface area contributed by atoms with Crippen LogP contribution in [0.2, 0.25) is 0 Å². The monoisotopic (exact) mass is 403 g/mol. The quantitative estimate of drug-likeness (QED) is 0.597. The molecule has 0 unspecified atom stereocenters. The van der Waals surface area contributed by atoms with Gasteiger partial charge in [-0.2, -0.15) is 0 Å². The highest BCUT2D eigenvalue weighted by Gasteiger charge is 2.18. The van der Waals surface area contributed by atoms with Gasteiger partial charge in [0.2, 0.25) is 0 Å². The van der Waals surface area contributed by atoms with E-state index in [-0.39, 0.29) is 5.97 Å². The first-order valence-electron chi connectivity index (χ1n) is 7.66. The maximum Gasteiger partial charge on any atom is 0.354 e. The third-order valence-corrected chi connectivity index (χ3v) is 4.82. The van der Waals surface area contributed by atoms with Gasteiger partial charge in [-0.3, -0.25) is 0 Å². The van der Waals surface area contributed by atoms with Crippen molar-refractivity contribution in [2.45, 2.75) is 6.54 Å². The van der Waals surface area contributed by atoms with Crippen molar-refractivity contribution >= 4 is 32.8 Å². The highest BCUT2D eigenvalue weighted by Crippen LogP contribution is 2.34. The number of rotatable bonds is 5. The van der Waals surface area contributed by atoms with Crippen molar-refractivity contribution in [3.63, 3.8) is 0 Å². The summed E-state index contributed by atoms with van der Waals surface area (Å²) in [6.07, 6.45) is 0. The molecule has 0 atom stereocenters. The number of halogens is 1. The zero-order valence-corrected chi connectivity index (χ0v) is 15.8. The number of esters is 1. The number of para-hydroxylation sites is 1. The fraction of sp³-hybridized carbons (Fsp3) is 0.211. The van der Waals surface area contributed by atoms with Crippen molar-refractivity contribution in [3.05, 3.63) is 58.2 Å². The van der Waals surface area contributed by atoms with E-state index in [4.69, 9.17) is 14.2 Å². The van der Waals surface area contributed by atoms with Gasteiger partial charge in [0.05, 0.1) is 21.3 Å². The minimum atomic E-state index is -0.368. The first-order chi connectivity index (χ1) is 12.1. The van der Waals surface area contributed by atoms with Gasteiger partial charge in [-0.1, -0.05) is 34.1 Å². The van der Waals surface area contributed by atoms with Crippen LogP contribution in [0.3, 0.4) is 0 Å². The Hall–Kier alpha value is -2.47. The molecule has 6 heteroatoms. The zero-order valence-electron chi connectivity index (χ0n) is 14.2. The Morgan fingerprint density at radius 1 is 1.04 bits per heavy atom. The van der Waals surface area contributed by atoms with Crippen molar-refractivity contribution in [1.82, 2.24) is 4.57 Å². The van der Waals surface area contributed by atoms with Crippen LogP contribution in [0.4, 0.5) is 0 Å². The van der Waals surface area contributed by atoms with Crippen LogP contribution in [-0.2, 0) is 11.3 Å². The summed E-state index contributed by atoms with van der Waals surface area (Å²) in [6, 6.07) is 13.5. The van der Waals surface area contributed by atoms with Crippen LogP contribution in [0.15, 0.2) is 46.9 Å². The maximum atomic E-state index is 12.2. The molecule has 0 aliphatic rings. The van der Waals surface area contributed by atoms with E-state index in [1.807, 2.05) is 47.0 Å². The molecule has 0 spiro atoms. The Labute approximate surface area is 154 Å². The van der Waals surface area contributed by atoms with Gasteiger partial charge in [-0.25, -0.2) is 4.79 Å². The Morgan fingerprint density at radius 2 is 1.72 bits per heavy atom. The minimum absolute atomic E-state index is 0.368. The highest BCUT2D eigenvalue weighted by molar-refractivity contribution is 9.10. The Bertz CT molecular complexity index is 933. The number of fused-ring (bicyclic) bond motifs is 1. The summed E-state index contributed by atoms with van der Waals surface area (Å²) in [5.41, 5.74) is 2.43. The van der Waals surface area contributed by atoms with Crippen LogP contribution < -0.4 is 9.47 Å². The number of methoxy groups -OCH3 is 3. The van der Waals surface area contributed by atoms with E-state index in [1.165, 1.54) is 7.11 Å². The van der Waals surface area contributed by atoms with E-state index in [9.17, 15) is 4.79 Å². The number of carbonyl (C=O) groups excluding carboxylic acids is 1. The number of hydrogen-bond acceptors (Lipinski definition) is 4. The third kappa shape index (κ3) is 3.22. The van der Waals surface area contributed by atoms with E-state index in [0.717, 1.165) is 20.9 Å². The van der Waals surface area contributed by atoms with Crippen LogP contribution in [0.25, 0.3) is 10.9 Å². The first-order valence-corrected chi connectivity index (χ1v) is 8.45. The molecule has 0 aliphatic heterocycles. The summed E-state index contributed by atoms with van der Waals surface area (Å²) in [6.45, 7) is 0.485. The first kappa shape index (κ1) is 17.4. The summed E-state index contributed by atoms with van der Waals surface area (Å²) in [4.78, 5) is 12.2. The molecule has 3 aromatic rings. The number of ether oxygens (including phenoxy) is 3. The van der Waals surface area contributed by atoms with Crippen molar-refractivity contribution in [2.75, 3.05) is 21.3 Å². The molecule has 1 aromatic heterocycles. The number of benzene rings is 2. The topological polar surface area (TPSA) is 49.7 Å². The van der Waals surface area contributed by atoms with Crippen molar-refractivity contribution in [1.29, 1.82) is 0 Å². The molecule has 130 valence electrons. The zero-order chi connectivity index (χ0) is 18.0. The van der Waals surface area contributed by atoms with Crippen LogP contribution in [-0.4, -0.2) is 31.9 Å². The van der Waals surface area contributed by atoms with Gasteiger partial charge in [-0.05, 0) is 29.8 Å². The molecular formula is C19H18BrNO4. The highest BCUT2D eigenvalue weighted by atomic mass is 79.9. The fourth-order valence-electron chi connectivity index (χ4n) is 2.84. The summed E-state index contributed by atoms with van der Waals surface area (Å²) >= 11 is 3.57. The predicted octanol–water partition coefficient (Wildman–Crippen LogP) is 4.26. The second-order valence-corrected chi connectivity index (χ2v) is 6.32. The van der Waals surface area contributed by atoms with E-state index >= 15 is 0 Å². The smallest absolute Gasteiger partial charge is 0.354 e. The number of nitrogens with zero attached hydrogens (tertiary/aromatic N) is 1. The molecule has 0 fully saturated rings. The van der Waals surface area contributed by atoms with Crippen molar-refractivity contribution < 1.29 is 19.0 Å². The van der Waals surface area contributed by atoms with Crippen LogP contribution >= 0.6 is 15.9 Å². The lowest BCUT2D eigenvalue weighted by Gasteiger charge is -2.14. The average Bonchev–Trinajstić information content (AvgIpc) is 3.01. The standard InChI is InChI=1S/C19H18BrNO4/c1-23-17-9-13(14(20)10-18(17)24-2)11-21-15-7-5-4-6-12(15)8-16(21)19(22)25-3/h4-10H,11H2,1-3H3. The van der Waals surface area contributed by atoms with Gasteiger partial charge in [0, 0.05) is 21.9 Å². The molecule has 0 saturated carbocycles. The summed E-state index contributed by atoms with van der Waals surface area (Å²) in [7, 11) is 4.58. The van der Waals surface area contributed by atoms with Gasteiger partial charge in [-0.15, -0.1) is 0 Å². The fourth-order valence-corrected chi connectivity index (χ4v) is 3.29. The molecule has 0 aliphatic carbocycles. The van der Waals surface area contributed by atoms with E-state index in [2.05, 4.69) is 15.9 Å². The van der Waals surface area contributed by atoms with E-state index in [1.54, 1.807) is 14.2 Å². The van der Waals surface area contributed by atoms with Crippen molar-refractivity contribution in [3.8, 4) is 11.5 Å². The molecule has 0 saturated heterocycles. The van der Waals surface area contributed by atoms with Crippen LogP contribution in [0.5, 0.6) is 11.5 Å². The normalized spacial score (nSPS) is 10.7. The lowest BCUT2D eigenvalue weighted by Crippen LogP contribution is -2.11.